The molecule has 0 saturated carbocycles. The van der Waals surface area contributed by atoms with Crippen molar-refractivity contribution in [2.75, 3.05) is 0 Å². The Morgan fingerprint density at radius 2 is 1.70 bits per heavy atom. The lowest BCUT2D eigenvalue weighted by Crippen LogP contribution is -2.28. The van der Waals surface area contributed by atoms with Gasteiger partial charge >= 0.3 is 5.97 Å². The number of thioether (sulfide) groups is 1. The lowest BCUT2D eigenvalue weighted by Gasteiger charge is -2.17. The minimum atomic E-state index is -0.981. The molecule has 3 aromatic carbocycles. The molecule has 2 heterocycles. The molecule has 0 atom stereocenters. The van der Waals surface area contributed by atoms with E-state index in [1.165, 1.54) is 28.6 Å². The average molecular weight is 550 g/mol. The number of carboxylic acid groups (broad SMARTS) is 1. The predicted molar refractivity (Wildman–Crippen MR) is 162 cm³/mol. The number of aliphatic imine (C=N–C) groups is 1. The van der Waals surface area contributed by atoms with Crippen LogP contribution in [0.3, 0.4) is 0 Å². The third-order valence-electron chi connectivity index (χ3n) is 7.09. The summed E-state index contributed by atoms with van der Waals surface area (Å²) < 4.78 is 2.28. The fourth-order valence-corrected chi connectivity index (χ4v) is 6.01. The van der Waals surface area contributed by atoms with Gasteiger partial charge in [0.05, 0.1) is 28.4 Å². The van der Waals surface area contributed by atoms with Crippen molar-refractivity contribution in [3.05, 3.63) is 123 Å². The molecule has 1 amide bonds. The molecule has 1 aliphatic heterocycles. The van der Waals surface area contributed by atoms with Gasteiger partial charge in [-0.25, -0.2) is 9.79 Å². The molecule has 4 aromatic rings. The second-order valence-electron chi connectivity index (χ2n) is 9.83. The molecule has 7 heteroatoms. The number of carboxylic acids is 1. The summed E-state index contributed by atoms with van der Waals surface area (Å²) in [5.74, 6) is -1.11. The first-order valence-corrected chi connectivity index (χ1v) is 14.0. The number of aromatic nitrogens is 1. The van der Waals surface area contributed by atoms with Gasteiger partial charge in [0, 0.05) is 11.4 Å². The average Bonchev–Trinajstić information content (AvgIpc) is 3.38. The molecule has 0 spiro atoms. The molecule has 202 valence electrons. The number of hydrogen-bond acceptors (Lipinski definition) is 4. The van der Waals surface area contributed by atoms with E-state index in [0.29, 0.717) is 10.1 Å². The van der Waals surface area contributed by atoms with Crippen LogP contribution in [0.25, 0.3) is 11.8 Å². The van der Waals surface area contributed by atoms with Crippen LogP contribution < -0.4 is 0 Å². The van der Waals surface area contributed by atoms with Crippen molar-refractivity contribution >= 4 is 40.6 Å². The van der Waals surface area contributed by atoms with Crippen molar-refractivity contribution in [2.45, 2.75) is 40.7 Å². The Balaban J connectivity index is 1.53. The van der Waals surface area contributed by atoms with Crippen LogP contribution in [-0.4, -0.2) is 31.6 Å². The molecular weight excluding hydrogens is 518 g/mol. The molecule has 5 rings (SSSR count). The van der Waals surface area contributed by atoms with Crippen molar-refractivity contribution in [1.29, 1.82) is 0 Å². The molecule has 1 aromatic heterocycles. The van der Waals surface area contributed by atoms with Crippen molar-refractivity contribution in [2.24, 2.45) is 4.99 Å². The maximum atomic E-state index is 13.8. The Morgan fingerprint density at radius 3 is 2.38 bits per heavy atom. The maximum absolute atomic E-state index is 13.8. The fourth-order valence-electron chi connectivity index (χ4n) is 5.02. The number of nitrogens with zero attached hydrogens (tertiary/aromatic N) is 3. The van der Waals surface area contributed by atoms with Gasteiger partial charge in [-0.2, -0.15) is 0 Å². The molecular formula is C33H31N3O3S. The monoisotopic (exact) mass is 549 g/mol. The number of benzene rings is 3. The van der Waals surface area contributed by atoms with E-state index in [2.05, 4.69) is 56.5 Å². The highest BCUT2D eigenvalue weighted by atomic mass is 32.2. The number of amidine groups is 1. The molecule has 0 aliphatic carbocycles. The SMILES string of the molecule is CCc1cccc(C)c1-n1c(C)cc(/C=C2\SC(=Nc3ccccc3)N(Cc3ccc(C(=O)O)cc3)C2=O)c1C. The zero-order chi connectivity index (χ0) is 28.4. The van der Waals surface area contributed by atoms with Crippen molar-refractivity contribution in [3.8, 4) is 5.69 Å². The first kappa shape index (κ1) is 27.2. The van der Waals surface area contributed by atoms with Crippen LogP contribution in [0, 0.1) is 20.8 Å². The summed E-state index contributed by atoms with van der Waals surface area (Å²) in [7, 11) is 0. The zero-order valence-electron chi connectivity index (χ0n) is 23.0. The van der Waals surface area contributed by atoms with Crippen molar-refractivity contribution in [3.63, 3.8) is 0 Å². The minimum Gasteiger partial charge on any atom is -0.478 e. The van der Waals surface area contributed by atoms with Crippen molar-refractivity contribution < 1.29 is 14.7 Å². The second kappa shape index (κ2) is 11.4. The third kappa shape index (κ3) is 5.38. The van der Waals surface area contributed by atoms with Gasteiger partial charge in [0.2, 0.25) is 0 Å². The standard InChI is InChI=1S/C33H31N3O3S/c1-5-25-11-9-10-21(2)30(25)36-22(3)18-27(23(36)4)19-29-31(37)35(20-24-14-16-26(17-15-24)32(38)39)33(40-29)34-28-12-7-6-8-13-28/h6-19H,5,20H2,1-4H3,(H,38,39)/b29-19-,34-33?. The summed E-state index contributed by atoms with van der Waals surface area (Å²) in [6, 6.07) is 24.7. The van der Waals surface area contributed by atoms with E-state index in [4.69, 9.17) is 4.99 Å². The molecule has 1 saturated heterocycles. The molecule has 0 bridgehead atoms. The van der Waals surface area contributed by atoms with Crippen LogP contribution in [0.2, 0.25) is 0 Å². The number of aromatic carboxylic acids is 1. The predicted octanol–water partition coefficient (Wildman–Crippen LogP) is 7.47. The first-order chi connectivity index (χ1) is 19.3. The highest BCUT2D eigenvalue weighted by Crippen LogP contribution is 2.37. The van der Waals surface area contributed by atoms with Gasteiger partial charge < -0.3 is 9.67 Å². The number of amides is 1. The van der Waals surface area contributed by atoms with Crippen LogP contribution in [0.15, 0.2) is 88.8 Å². The van der Waals surface area contributed by atoms with Gasteiger partial charge in [0.25, 0.3) is 5.91 Å². The van der Waals surface area contributed by atoms with Crippen LogP contribution in [-0.2, 0) is 17.8 Å². The van der Waals surface area contributed by atoms with Crippen LogP contribution in [0.5, 0.6) is 0 Å². The topological polar surface area (TPSA) is 74.9 Å². The summed E-state index contributed by atoms with van der Waals surface area (Å²) >= 11 is 1.36. The Kier molecular flexibility index (Phi) is 7.76. The Morgan fingerprint density at radius 1 is 0.975 bits per heavy atom. The van der Waals surface area contributed by atoms with E-state index in [1.807, 2.05) is 36.4 Å². The highest BCUT2D eigenvalue weighted by molar-refractivity contribution is 8.18. The number of carbonyl (C=O) groups is 2. The van der Waals surface area contributed by atoms with E-state index in [1.54, 1.807) is 29.2 Å². The zero-order valence-corrected chi connectivity index (χ0v) is 23.8. The minimum absolute atomic E-state index is 0.128. The number of hydrogen-bond donors (Lipinski definition) is 1. The van der Waals surface area contributed by atoms with Gasteiger partial charge in [0.15, 0.2) is 5.17 Å². The summed E-state index contributed by atoms with van der Waals surface area (Å²) in [5.41, 5.74) is 8.66. The Hall–Kier alpha value is -4.36. The summed E-state index contributed by atoms with van der Waals surface area (Å²) in [5, 5.41) is 9.84. The number of para-hydroxylation sites is 2. The molecule has 1 N–H and O–H groups in total. The van der Waals surface area contributed by atoms with Crippen LogP contribution in [0.1, 0.15) is 50.9 Å². The van der Waals surface area contributed by atoms with E-state index in [0.717, 1.165) is 34.6 Å². The van der Waals surface area contributed by atoms with E-state index in [9.17, 15) is 14.7 Å². The second-order valence-corrected chi connectivity index (χ2v) is 10.8. The number of rotatable bonds is 7. The molecule has 40 heavy (non-hydrogen) atoms. The largest absolute Gasteiger partial charge is 0.478 e. The fraction of sp³-hybridized carbons (Fsp3) is 0.182. The maximum Gasteiger partial charge on any atom is 0.335 e. The third-order valence-corrected chi connectivity index (χ3v) is 8.10. The summed E-state index contributed by atoms with van der Waals surface area (Å²) in [6.45, 7) is 8.78. The Labute approximate surface area is 238 Å². The van der Waals surface area contributed by atoms with Gasteiger partial charge in [-0.05, 0) is 97.6 Å². The first-order valence-electron chi connectivity index (χ1n) is 13.2. The van der Waals surface area contributed by atoms with Gasteiger partial charge in [-0.1, -0.05) is 55.5 Å². The molecule has 1 fully saturated rings. The van der Waals surface area contributed by atoms with Gasteiger partial charge in [0.1, 0.15) is 0 Å². The van der Waals surface area contributed by atoms with Crippen LogP contribution in [0.4, 0.5) is 5.69 Å². The lowest BCUT2D eigenvalue weighted by molar-refractivity contribution is -0.122. The van der Waals surface area contributed by atoms with Gasteiger partial charge in [-0.15, -0.1) is 0 Å². The highest BCUT2D eigenvalue weighted by Gasteiger charge is 2.34. The van der Waals surface area contributed by atoms with Crippen LogP contribution >= 0.6 is 11.8 Å². The number of carbonyl (C=O) groups excluding carboxylic acids is 1. The Bertz CT molecular complexity index is 1650. The molecule has 1 aliphatic rings. The molecule has 0 unspecified atom stereocenters. The quantitative estimate of drug-likeness (QED) is 0.243. The smallest absolute Gasteiger partial charge is 0.335 e. The van der Waals surface area contributed by atoms with E-state index in [-0.39, 0.29) is 18.0 Å². The molecule has 0 radical (unpaired) electrons. The summed E-state index contributed by atoms with van der Waals surface area (Å²) in [4.78, 5) is 32.1. The number of aryl methyl sites for hydroxylation is 3. The van der Waals surface area contributed by atoms with E-state index < -0.39 is 5.97 Å². The van der Waals surface area contributed by atoms with Crippen molar-refractivity contribution in [1.82, 2.24) is 9.47 Å². The van der Waals surface area contributed by atoms with E-state index >= 15 is 0 Å². The summed E-state index contributed by atoms with van der Waals surface area (Å²) in [6.07, 6.45) is 2.89. The lowest BCUT2D eigenvalue weighted by atomic mass is 10.1. The molecule has 6 nitrogen and oxygen atoms in total. The normalized spacial score (nSPS) is 15.4. The van der Waals surface area contributed by atoms with Gasteiger partial charge in [-0.3, -0.25) is 9.69 Å².